The Balaban J connectivity index is 2.31. The van der Waals surface area contributed by atoms with Crippen LogP contribution in [0.5, 0.6) is 0 Å². The molecule has 0 saturated heterocycles. The highest BCUT2D eigenvalue weighted by Gasteiger charge is 2.16. The minimum atomic E-state index is -0.213. The first kappa shape index (κ1) is 12.7. The van der Waals surface area contributed by atoms with Gasteiger partial charge in [-0.25, -0.2) is 0 Å². The zero-order valence-electron chi connectivity index (χ0n) is 10.2. The van der Waals surface area contributed by atoms with Crippen LogP contribution in [0, 0.1) is 6.92 Å². The molecule has 2 aromatic rings. The number of halogens is 1. The zero-order chi connectivity index (χ0) is 13.3. The van der Waals surface area contributed by atoms with E-state index in [-0.39, 0.29) is 5.91 Å². The van der Waals surface area contributed by atoms with Gasteiger partial charge in [0, 0.05) is 17.2 Å². The zero-order valence-corrected chi connectivity index (χ0v) is 11.8. The first-order chi connectivity index (χ1) is 8.50. The Labute approximate surface area is 114 Å². The van der Waals surface area contributed by atoms with E-state index in [0.29, 0.717) is 11.4 Å². The molecule has 0 atom stereocenters. The van der Waals surface area contributed by atoms with Gasteiger partial charge in [0.05, 0.1) is 11.4 Å². The third-order valence-electron chi connectivity index (χ3n) is 2.84. The third kappa shape index (κ3) is 2.26. The number of para-hydroxylation sites is 1. The SMILES string of the molecule is Cc1cc(N)c(C(=O)Nc2ccccc2Br)n1C. The summed E-state index contributed by atoms with van der Waals surface area (Å²) in [5, 5.41) is 2.83. The number of carbonyl (C=O) groups is 1. The van der Waals surface area contributed by atoms with Crippen LogP contribution in [0.3, 0.4) is 0 Å². The first-order valence-electron chi connectivity index (χ1n) is 5.48. The van der Waals surface area contributed by atoms with E-state index in [1.54, 1.807) is 10.6 Å². The van der Waals surface area contributed by atoms with Crippen LogP contribution < -0.4 is 11.1 Å². The largest absolute Gasteiger partial charge is 0.397 e. The van der Waals surface area contributed by atoms with E-state index < -0.39 is 0 Å². The standard InChI is InChI=1S/C13H14BrN3O/c1-8-7-10(15)12(17(8)2)13(18)16-11-6-4-3-5-9(11)14/h3-7H,15H2,1-2H3,(H,16,18). The molecule has 0 saturated carbocycles. The molecule has 94 valence electrons. The van der Waals surface area contributed by atoms with Gasteiger partial charge in [0.1, 0.15) is 5.69 Å². The van der Waals surface area contributed by atoms with Gasteiger partial charge in [0.15, 0.2) is 0 Å². The first-order valence-corrected chi connectivity index (χ1v) is 6.27. The molecule has 4 nitrogen and oxygen atoms in total. The molecule has 1 heterocycles. The summed E-state index contributed by atoms with van der Waals surface area (Å²) in [5.74, 6) is -0.213. The highest BCUT2D eigenvalue weighted by atomic mass is 79.9. The van der Waals surface area contributed by atoms with Crippen molar-refractivity contribution in [1.82, 2.24) is 4.57 Å². The number of benzene rings is 1. The summed E-state index contributed by atoms with van der Waals surface area (Å²) in [6.45, 7) is 1.91. The lowest BCUT2D eigenvalue weighted by Crippen LogP contribution is -2.17. The fourth-order valence-electron chi connectivity index (χ4n) is 1.79. The van der Waals surface area contributed by atoms with Gasteiger partial charge in [-0.05, 0) is 41.1 Å². The van der Waals surface area contributed by atoms with E-state index in [4.69, 9.17) is 5.73 Å². The molecule has 0 unspecified atom stereocenters. The van der Waals surface area contributed by atoms with E-state index in [0.717, 1.165) is 15.9 Å². The average Bonchev–Trinajstić information content (AvgIpc) is 2.56. The molecule has 3 N–H and O–H groups in total. The monoisotopic (exact) mass is 307 g/mol. The van der Waals surface area contributed by atoms with Gasteiger partial charge in [0.2, 0.25) is 0 Å². The minimum Gasteiger partial charge on any atom is -0.397 e. The van der Waals surface area contributed by atoms with Crippen molar-refractivity contribution < 1.29 is 4.79 Å². The van der Waals surface area contributed by atoms with Crippen LogP contribution in [0.15, 0.2) is 34.8 Å². The predicted molar refractivity (Wildman–Crippen MR) is 76.7 cm³/mol. The molecular weight excluding hydrogens is 294 g/mol. The van der Waals surface area contributed by atoms with Crippen molar-refractivity contribution in [3.63, 3.8) is 0 Å². The molecule has 2 rings (SSSR count). The van der Waals surface area contributed by atoms with Gasteiger partial charge >= 0.3 is 0 Å². The summed E-state index contributed by atoms with van der Waals surface area (Å²) in [5.41, 5.74) is 8.47. The second-order valence-electron chi connectivity index (χ2n) is 4.08. The Morgan fingerprint density at radius 2 is 2.06 bits per heavy atom. The van der Waals surface area contributed by atoms with E-state index in [1.807, 2.05) is 38.2 Å². The molecule has 18 heavy (non-hydrogen) atoms. The molecule has 0 aliphatic carbocycles. The van der Waals surface area contributed by atoms with Crippen LogP contribution >= 0.6 is 15.9 Å². The summed E-state index contributed by atoms with van der Waals surface area (Å²) < 4.78 is 2.62. The Hall–Kier alpha value is -1.75. The molecule has 1 amide bonds. The topological polar surface area (TPSA) is 60.1 Å². The fourth-order valence-corrected chi connectivity index (χ4v) is 2.17. The maximum atomic E-state index is 12.2. The van der Waals surface area contributed by atoms with Crippen LogP contribution in [-0.4, -0.2) is 10.5 Å². The van der Waals surface area contributed by atoms with Crippen LogP contribution in [-0.2, 0) is 7.05 Å². The molecule has 0 bridgehead atoms. The maximum absolute atomic E-state index is 12.2. The quantitative estimate of drug-likeness (QED) is 0.896. The molecule has 0 fully saturated rings. The molecular formula is C13H14BrN3O. The molecule has 0 aliphatic rings. The number of nitrogens with zero attached hydrogens (tertiary/aromatic N) is 1. The van der Waals surface area contributed by atoms with Gasteiger partial charge in [-0.1, -0.05) is 12.1 Å². The number of aromatic nitrogens is 1. The number of hydrogen-bond acceptors (Lipinski definition) is 2. The summed E-state index contributed by atoms with van der Waals surface area (Å²) in [6, 6.07) is 9.23. The summed E-state index contributed by atoms with van der Waals surface area (Å²) in [4.78, 5) is 12.2. The van der Waals surface area contributed by atoms with E-state index >= 15 is 0 Å². The second-order valence-corrected chi connectivity index (χ2v) is 4.94. The smallest absolute Gasteiger partial charge is 0.274 e. The number of amides is 1. The van der Waals surface area contributed by atoms with Gasteiger partial charge in [0.25, 0.3) is 5.91 Å². The summed E-state index contributed by atoms with van der Waals surface area (Å²) >= 11 is 3.39. The molecule has 0 aliphatic heterocycles. The Bertz CT molecular complexity index is 604. The highest BCUT2D eigenvalue weighted by Crippen LogP contribution is 2.23. The second kappa shape index (κ2) is 4.86. The summed E-state index contributed by atoms with van der Waals surface area (Å²) in [6.07, 6.45) is 0. The third-order valence-corrected chi connectivity index (χ3v) is 3.53. The van der Waals surface area contributed by atoms with Crippen LogP contribution in [0.25, 0.3) is 0 Å². The number of nitrogens with one attached hydrogen (secondary N) is 1. The predicted octanol–water partition coefficient (Wildman–Crippen LogP) is 2.93. The van der Waals surface area contributed by atoms with Crippen molar-refractivity contribution in [2.45, 2.75) is 6.92 Å². The minimum absolute atomic E-state index is 0.213. The van der Waals surface area contributed by atoms with Crippen LogP contribution in [0.2, 0.25) is 0 Å². The van der Waals surface area contributed by atoms with Crippen molar-refractivity contribution in [2.75, 3.05) is 11.1 Å². The Kier molecular flexibility index (Phi) is 3.43. The number of aryl methyl sites for hydroxylation is 1. The molecule has 1 aromatic carbocycles. The van der Waals surface area contributed by atoms with Gasteiger partial charge in [-0.3, -0.25) is 4.79 Å². The van der Waals surface area contributed by atoms with Crippen molar-refractivity contribution in [3.05, 3.63) is 46.2 Å². The van der Waals surface area contributed by atoms with Gasteiger partial charge < -0.3 is 15.6 Å². The molecule has 5 heteroatoms. The number of nitrogen functional groups attached to an aromatic ring is 1. The number of hydrogen-bond donors (Lipinski definition) is 2. The van der Waals surface area contributed by atoms with Crippen molar-refractivity contribution in [2.24, 2.45) is 7.05 Å². The lowest BCUT2D eigenvalue weighted by molar-refractivity contribution is 0.102. The maximum Gasteiger partial charge on any atom is 0.274 e. The number of nitrogens with two attached hydrogens (primary N) is 1. The summed E-state index contributed by atoms with van der Waals surface area (Å²) in [7, 11) is 1.82. The molecule has 1 aromatic heterocycles. The molecule has 0 radical (unpaired) electrons. The van der Waals surface area contributed by atoms with Gasteiger partial charge in [-0.15, -0.1) is 0 Å². The van der Waals surface area contributed by atoms with Crippen molar-refractivity contribution in [1.29, 1.82) is 0 Å². The van der Waals surface area contributed by atoms with E-state index in [9.17, 15) is 4.79 Å². The fraction of sp³-hybridized carbons (Fsp3) is 0.154. The van der Waals surface area contributed by atoms with Crippen molar-refractivity contribution >= 4 is 33.2 Å². The number of carbonyl (C=O) groups excluding carboxylic acids is 1. The Morgan fingerprint density at radius 3 is 2.61 bits per heavy atom. The van der Waals surface area contributed by atoms with Gasteiger partial charge in [-0.2, -0.15) is 0 Å². The number of anilines is 2. The lowest BCUT2D eigenvalue weighted by atomic mass is 10.3. The van der Waals surface area contributed by atoms with E-state index in [1.165, 1.54) is 0 Å². The highest BCUT2D eigenvalue weighted by molar-refractivity contribution is 9.10. The number of rotatable bonds is 2. The van der Waals surface area contributed by atoms with Crippen LogP contribution in [0.4, 0.5) is 11.4 Å². The normalized spacial score (nSPS) is 10.4. The Morgan fingerprint density at radius 1 is 1.39 bits per heavy atom. The van der Waals surface area contributed by atoms with E-state index in [2.05, 4.69) is 21.2 Å². The lowest BCUT2D eigenvalue weighted by Gasteiger charge is -2.09. The average molecular weight is 308 g/mol. The van der Waals surface area contributed by atoms with Crippen LogP contribution in [0.1, 0.15) is 16.2 Å². The molecule has 0 spiro atoms. The van der Waals surface area contributed by atoms with Crippen molar-refractivity contribution in [3.8, 4) is 0 Å².